The molecule has 0 radical (unpaired) electrons. The van der Waals surface area contributed by atoms with Crippen molar-refractivity contribution in [3.05, 3.63) is 51.6 Å². The Morgan fingerprint density at radius 2 is 1.80 bits per heavy atom. The molecule has 2 aliphatic heterocycles. The summed E-state index contributed by atoms with van der Waals surface area (Å²) in [6, 6.07) is 4.76. The number of Topliss-reactive ketones (excluding diaryl/α,β-unsaturated/α-hetero) is 1. The van der Waals surface area contributed by atoms with Gasteiger partial charge >= 0.3 is 0 Å². The predicted octanol–water partition coefficient (Wildman–Crippen LogP) is 4.33. The molecule has 0 amide bonds. The summed E-state index contributed by atoms with van der Waals surface area (Å²) >= 11 is 0. The number of carbonyl (C=O) groups is 3. The fourth-order valence-electron chi connectivity index (χ4n) is 7.95. The number of aliphatic hydroxyl groups is 1. The van der Waals surface area contributed by atoms with Gasteiger partial charge in [0.25, 0.3) is 0 Å². The van der Waals surface area contributed by atoms with Gasteiger partial charge in [-0.15, -0.1) is 0 Å². The van der Waals surface area contributed by atoms with Crippen molar-refractivity contribution in [2.75, 3.05) is 7.11 Å². The first kappa shape index (κ1) is 32.6. The third-order valence-electron chi connectivity index (χ3n) is 10.4. The number of rotatable bonds is 8. The molecular formula is C35H43NO10. The monoisotopic (exact) mass is 637 g/mol. The van der Waals surface area contributed by atoms with Crippen molar-refractivity contribution in [2.45, 2.75) is 122 Å². The standard InChI is InChI=1S/C35H43NO10/c1-7-16(4)36-20-13-25(44-17(5)34(20)46-24(36)9-3)45-22-15-35(42,23(37)8-2)14-19-27(22)33(41)29-28(31(19)39)30(38)18-11-10-12-21(43-6)26(18)32(29)40/h10-12,16-17,20,22,24-25,34,39,41-42H,7-9,13-15H2,1-6H3/t16?,17-,20-,22-,24+,25-,34+,35-/m0/s1. The number of methoxy groups -OCH3 is 1. The Kier molecular flexibility index (Phi) is 8.52. The average molecular weight is 638 g/mol. The number of carbonyl (C=O) groups excluding carboxylic acids is 3. The number of hydrogen-bond donors (Lipinski definition) is 3. The lowest BCUT2D eigenvalue weighted by atomic mass is 9.71. The number of nitrogens with zero attached hydrogens (tertiary/aromatic N) is 1. The Bertz CT molecular complexity index is 1590. The SMILES string of the molecule is CCC(=O)[C@]1(O)Cc2c(O)c3c(c(O)c2[C@@H](O[C@H]2C[C@H]4[C@H](O[C@H](CC)N4C(C)CC)[C@H](C)O2)C1)C(=O)c1c(OC)cccc1C3=O. The van der Waals surface area contributed by atoms with Crippen LogP contribution in [0.3, 0.4) is 0 Å². The largest absolute Gasteiger partial charge is 0.507 e. The molecule has 3 N–H and O–H groups in total. The quantitative estimate of drug-likeness (QED) is 0.303. The molecule has 46 heavy (non-hydrogen) atoms. The number of ether oxygens (including phenoxy) is 4. The summed E-state index contributed by atoms with van der Waals surface area (Å²) in [5.74, 6) is -2.79. The molecular weight excluding hydrogens is 594 g/mol. The van der Waals surface area contributed by atoms with Gasteiger partial charge < -0.3 is 34.3 Å². The number of fused-ring (bicyclic) bond motifs is 4. The van der Waals surface area contributed by atoms with Gasteiger partial charge in [0.15, 0.2) is 17.9 Å². The molecule has 2 aliphatic carbocycles. The van der Waals surface area contributed by atoms with E-state index < -0.39 is 46.8 Å². The number of hydrogen-bond acceptors (Lipinski definition) is 11. The Morgan fingerprint density at radius 3 is 2.46 bits per heavy atom. The Morgan fingerprint density at radius 1 is 1.09 bits per heavy atom. The van der Waals surface area contributed by atoms with Crippen LogP contribution in [-0.2, 0) is 25.4 Å². The highest BCUT2D eigenvalue weighted by Gasteiger charge is 2.53. The minimum Gasteiger partial charge on any atom is -0.507 e. The van der Waals surface area contributed by atoms with Crippen molar-refractivity contribution in [1.29, 1.82) is 0 Å². The smallest absolute Gasteiger partial charge is 0.202 e. The van der Waals surface area contributed by atoms with Crippen LogP contribution in [0.1, 0.15) is 116 Å². The third kappa shape index (κ3) is 4.86. The lowest BCUT2D eigenvalue weighted by Crippen LogP contribution is -2.53. The van der Waals surface area contributed by atoms with Gasteiger partial charge in [0, 0.05) is 54.5 Å². The molecule has 2 heterocycles. The zero-order valence-corrected chi connectivity index (χ0v) is 27.2. The van der Waals surface area contributed by atoms with Crippen LogP contribution in [0.5, 0.6) is 17.2 Å². The second kappa shape index (κ2) is 12.0. The summed E-state index contributed by atoms with van der Waals surface area (Å²) in [5, 5.41) is 35.2. The second-order valence-electron chi connectivity index (χ2n) is 12.9. The molecule has 2 aromatic carbocycles. The minimum atomic E-state index is -1.96. The van der Waals surface area contributed by atoms with Crippen molar-refractivity contribution < 1.29 is 48.7 Å². The van der Waals surface area contributed by atoms with Crippen LogP contribution in [0, 0.1) is 0 Å². The Hall–Kier alpha value is -3.35. The van der Waals surface area contributed by atoms with E-state index in [1.54, 1.807) is 19.1 Å². The lowest BCUT2D eigenvalue weighted by Gasteiger charge is -2.43. The van der Waals surface area contributed by atoms with Gasteiger partial charge in [0.05, 0.1) is 36.0 Å². The third-order valence-corrected chi connectivity index (χ3v) is 10.4. The first-order valence-electron chi connectivity index (χ1n) is 16.3. The second-order valence-corrected chi connectivity index (χ2v) is 12.9. The summed E-state index contributed by atoms with van der Waals surface area (Å²) < 4.78 is 24.6. The van der Waals surface area contributed by atoms with Gasteiger partial charge in [0.1, 0.15) is 35.2 Å². The molecule has 2 fully saturated rings. The fraction of sp³-hybridized carbons (Fsp3) is 0.571. The van der Waals surface area contributed by atoms with E-state index in [1.165, 1.54) is 13.2 Å². The zero-order valence-electron chi connectivity index (χ0n) is 27.2. The van der Waals surface area contributed by atoms with Gasteiger partial charge in [0.2, 0.25) is 5.78 Å². The van der Waals surface area contributed by atoms with Crippen LogP contribution in [0.2, 0.25) is 0 Å². The summed E-state index contributed by atoms with van der Waals surface area (Å²) in [6.07, 6.45) is -1.04. The van der Waals surface area contributed by atoms with Crippen LogP contribution in [0.4, 0.5) is 0 Å². The molecule has 248 valence electrons. The van der Waals surface area contributed by atoms with E-state index >= 15 is 0 Å². The summed E-state index contributed by atoms with van der Waals surface area (Å²) in [4.78, 5) is 43.2. The first-order valence-corrected chi connectivity index (χ1v) is 16.3. The first-order chi connectivity index (χ1) is 21.9. The van der Waals surface area contributed by atoms with Crippen molar-refractivity contribution in [2.24, 2.45) is 0 Å². The van der Waals surface area contributed by atoms with Gasteiger partial charge in [-0.25, -0.2) is 0 Å². The maximum Gasteiger partial charge on any atom is 0.202 e. The highest BCUT2D eigenvalue weighted by atomic mass is 16.7. The summed E-state index contributed by atoms with van der Waals surface area (Å²) in [7, 11) is 1.37. The molecule has 0 bridgehead atoms. The van der Waals surface area contributed by atoms with Crippen molar-refractivity contribution >= 4 is 17.3 Å². The van der Waals surface area contributed by atoms with Crippen LogP contribution < -0.4 is 4.74 Å². The molecule has 4 aliphatic rings. The molecule has 0 spiro atoms. The topological polar surface area (TPSA) is 152 Å². The normalized spacial score (nSPS) is 31.1. The van der Waals surface area contributed by atoms with E-state index in [-0.39, 0.29) is 88.9 Å². The van der Waals surface area contributed by atoms with E-state index in [0.717, 1.165) is 12.8 Å². The van der Waals surface area contributed by atoms with E-state index in [4.69, 9.17) is 18.9 Å². The fourth-order valence-corrected chi connectivity index (χ4v) is 7.95. The highest BCUT2D eigenvalue weighted by Crippen LogP contribution is 2.53. The molecule has 8 atom stereocenters. The molecule has 2 aromatic rings. The average Bonchev–Trinajstić information content (AvgIpc) is 3.43. The van der Waals surface area contributed by atoms with Gasteiger partial charge in [-0.1, -0.05) is 32.9 Å². The van der Waals surface area contributed by atoms with Crippen LogP contribution in [0.25, 0.3) is 0 Å². The molecule has 11 heteroatoms. The number of aromatic hydroxyl groups is 2. The van der Waals surface area contributed by atoms with Crippen molar-refractivity contribution in [1.82, 2.24) is 4.90 Å². The Labute approximate surface area is 268 Å². The van der Waals surface area contributed by atoms with Crippen molar-refractivity contribution in [3.63, 3.8) is 0 Å². The number of benzene rings is 2. The molecule has 11 nitrogen and oxygen atoms in total. The van der Waals surface area contributed by atoms with Gasteiger partial charge in [-0.05, 0) is 32.8 Å². The summed E-state index contributed by atoms with van der Waals surface area (Å²) in [6.45, 7) is 9.91. The van der Waals surface area contributed by atoms with Crippen LogP contribution >= 0.6 is 0 Å². The molecule has 2 saturated heterocycles. The van der Waals surface area contributed by atoms with Crippen molar-refractivity contribution in [3.8, 4) is 17.2 Å². The number of ketones is 3. The van der Waals surface area contributed by atoms with Gasteiger partial charge in [-0.3, -0.25) is 19.3 Å². The predicted molar refractivity (Wildman–Crippen MR) is 165 cm³/mol. The molecule has 0 aromatic heterocycles. The van der Waals surface area contributed by atoms with E-state index in [9.17, 15) is 29.7 Å². The maximum atomic E-state index is 13.9. The van der Waals surface area contributed by atoms with E-state index in [0.29, 0.717) is 6.42 Å². The lowest BCUT2D eigenvalue weighted by molar-refractivity contribution is -0.247. The van der Waals surface area contributed by atoms with Crippen LogP contribution in [-0.4, -0.2) is 87.1 Å². The molecule has 0 saturated carbocycles. The molecule has 1 unspecified atom stereocenters. The van der Waals surface area contributed by atoms with E-state index in [1.807, 2.05) is 6.92 Å². The zero-order chi connectivity index (χ0) is 33.2. The highest BCUT2D eigenvalue weighted by molar-refractivity contribution is 6.31. The maximum absolute atomic E-state index is 13.9. The van der Waals surface area contributed by atoms with Gasteiger partial charge in [-0.2, -0.15) is 0 Å². The number of phenolic OH excluding ortho intramolecular Hbond substituents is 2. The minimum absolute atomic E-state index is 0.0116. The van der Waals surface area contributed by atoms with Crippen LogP contribution in [0.15, 0.2) is 18.2 Å². The molecule has 6 rings (SSSR count). The number of phenols is 2. The summed E-state index contributed by atoms with van der Waals surface area (Å²) in [5.41, 5.74) is -2.66. The Balaban J connectivity index is 1.45. The van der Waals surface area contributed by atoms with E-state index in [2.05, 4.69) is 25.7 Å².